The predicted molar refractivity (Wildman–Crippen MR) is 78.4 cm³/mol. The van der Waals surface area contributed by atoms with E-state index in [1.54, 1.807) is 20.0 Å². The molecular weight excluding hydrogens is 254 g/mol. The van der Waals surface area contributed by atoms with E-state index < -0.39 is 11.9 Å². The number of carboxylic acid groups (broad SMARTS) is 1. The summed E-state index contributed by atoms with van der Waals surface area (Å²) in [6.07, 6.45) is 2.05. The molecule has 20 heavy (non-hydrogen) atoms. The molecule has 4 heteroatoms. The van der Waals surface area contributed by atoms with Gasteiger partial charge in [-0.05, 0) is 5.56 Å². The molecule has 4 nitrogen and oxygen atoms in total. The molecule has 0 aromatic heterocycles. The molecule has 0 radical (unpaired) electrons. The summed E-state index contributed by atoms with van der Waals surface area (Å²) in [5.41, 5.74) is 1.04. The lowest BCUT2D eigenvalue weighted by molar-refractivity contribution is -0.142. The van der Waals surface area contributed by atoms with Gasteiger partial charge in [-0.15, -0.1) is 6.58 Å². The largest absolute Gasteiger partial charge is 0.481 e. The zero-order valence-corrected chi connectivity index (χ0v) is 12.0. The molecule has 1 aromatic carbocycles. The lowest BCUT2D eigenvalue weighted by Gasteiger charge is -2.22. The Morgan fingerprint density at radius 2 is 1.95 bits per heavy atom. The van der Waals surface area contributed by atoms with Crippen LogP contribution in [0.25, 0.3) is 0 Å². The van der Waals surface area contributed by atoms with E-state index >= 15 is 0 Å². The van der Waals surface area contributed by atoms with Crippen molar-refractivity contribution in [3.8, 4) is 0 Å². The highest BCUT2D eigenvalue weighted by atomic mass is 16.4. The minimum Gasteiger partial charge on any atom is -0.481 e. The van der Waals surface area contributed by atoms with Crippen molar-refractivity contribution in [1.82, 2.24) is 4.90 Å². The molecule has 0 aliphatic rings. The number of hydrogen-bond acceptors (Lipinski definition) is 2. The summed E-state index contributed by atoms with van der Waals surface area (Å²) in [4.78, 5) is 24.4. The Kier molecular flexibility index (Phi) is 5.97. The van der Waals surface area contributed by atoms with Gasteiger partial charge in [0.25, 0.3) is 0 Å². The van der Waals surface area contributed by atoms with Crippen LogP contribution in [0.4, 0.5) is 0 Å². The maximum Gasteiger partial charge on any atom is 0.308 e. The number of benzene rings is 1. The summed E-state index contributed by atoms with van der Waals surface area (Å²) in [5.74, 6) is -1.59. The first-order valence-corrected chi connectivity index (χ1v) is 6.60. The van der Waals surface area contributed by atoms with E-state index in [1.807, 2.05) is 30.3 Å². The van der Waals surface area contributed by atoms with Gasteiger partial charge in [-0.1, -0.05) is 43.3 Å². The fraction of sp³-hybridized carbons (Fsp3) is 0.375. The Balaban J connectivity index is 2.64. The topological polar surface area (TPSA) is 57.6 Å². The van der Waals surface area contributed by atoms with Gasteiger partial charge in [0.15, 0.2) is 0 Å². The van der Waals surface area contributed by atoms with E-state index in [2.05, 4.69) is 6.58 Å². The van der Waals surface area contributed by atoms with Crippen LogP contribution in [-0.2, 0) is 9.59 Å². The van der Waals surface area contributed by atoms with Crippen LogP contribution < -0.4 is 0 Å². The van der Waals surface area contributed by atoms with Gasteiger partial charge in [0.05, 0.1) is 5.92 Å². The van der Waals surface area contributed by atoms with Crippen LogP contribution in [0.1, 0.15) is 24.8 Å². The maximum absolute atomic E-state index is 12.1. The van der Waals surface area contributed by atoms with Crippen molar-refractivity contribution >= 4 is 11.9 Å². The number of aliphatic carboxylic acids is 1. The van der Waals surface area contributed by atoms with Crippen molar-refractivity contribution in [2.75, 3.05) is 13.6 Å². The zero-order chi connectivity index (χ0) is 15.1. The Bertz CT molecular complexity index is 470. The first kappa shape index (κ1) is 16.0. The van der Waals surface area contributed by atoms with E-state index in [0.29, 0.717) is 6.42 Å². The summed E-state index contributed by atoms with van der Waals surface area (Å²) >= 11 is 0. The summed E-state index contributed by atoms with van der Waals surface area (Å²) < 4.78 is 0. The second-order valence-electron chi connectivity index (χ2n) is 4.97. The highest BCUT2D eigenvalue weighted by Crippen LogP contribution is 2.21. The average Bonchev–Trinajstić information content (AvgIpc) is 2.45. The molecule has 0 saturated carbocycles. The van der Waals surface area contributed by atoms with Gasteiger partial charge in [-0.3, -0.25) is 9.59 Å². The lowest BCUT2D eigenvalue weighted by atomic mass is 9.95. The molecule has 1 aromatic rings. The van der Waals surface area contributed by atoms with Gasteiger partial charge in [-0.25, -0.2) is 0 Å². The van der Waals surface area contributed by atoms with Crippen molar-refractivity contribution in [1.29, 1.82) is 0 Å². The molecular formula is C16H21NO3. The zero-order valence-electron chi connectivity index (χ0n) is 12.0. The number of carboxylic acids is 1. The Labute approximate surface area is 119 Å². The van der Waals surface area contributed by atoms with Crippen LogP contribution in [0.3, 0.4) is 0 Å². The molecule has 0 spiro atoms. The molecule has 0 saturated heterocycles. The van der Waals surface area contributed by atoms with Crippen molar-refractivity contribution in [3.05, 3.63) is 48.6 Å². The normalized spacial score (nSPS) is 13.3. The first-order chi connectivity index (χ1) is 9.45. The maximum atomic E-state index is 12.1. The average molecular weight is 275 g/mol. The molecule has 1 N–H and O–H groups in total. The quantitative estimate of drug-likeness (QED) is 0.778. The second kappa shape index (κ2) is 7.48. The molecule has 0 heterocycles. The van der Waals surface area contributed by atoms with Crippen molar-refractivity contribution in [3.63, 3.8) is 0 Å². The fourth-order valence-corrected chi connectivity index (χ4v) is 1.97. The van der Waals surface area contributed by atoms with Crippen molar-refractivity contribution in [2.24, 2.45) is 5.92 Å². The van der Waals surface area contributed by atoms with Gasteiger partial charge >= 0.3 is 5.97 Å². The third-order valence-electron chi connectivity index (χ3n) is 3.30. The van der Waals surface area contributed by atoms with Crippen LogP contribution in [0.5, 0.6) is 0 Å². The third kappa shape index (κ3) is 4.53. The van der Waals surface area contributed by atoms with Crippen molar-refractivity contribution < 1.29 is 14.7 Å². The minimum atomic E-state index is -0.895. The van der Waals surface area contributed by atoms with Crippen LogP contribution in [0, 0.1) is 5.92 Å². The Morgan fingerprint density at radius 3 is 2.45 bits per heavy atom. The van der Waals surface area contributed by atoms with Gasteiger partial charge < -0.3 is 10.0 Å². The van der Waals surface area contributed by atoms with Crippen LogP contribution in [-0.4, -0.2) is 35.5 Å². The van der Waals surface area contributed by atoms with Crippen LogP contribution >= 0.6 is 0 Å². The number of carbonyl (C=O) groups excluding carboxylic acids is 1. The molecule has 0 bridgehead atoms. The molecule has 108 valence electrons. The van der Waals surface area contributed by atoms with Crippen molar-refractivity contribution in [2.45, 2.75) is 19.3 Å². The number of amides is 1. The van der Waals surface area contributed by atoms with Gasteiger partial charge in [0, 0.05) is 25.9 Å². The molecule has 0 aliphatic heterocycles. The molecule has 0 aliphatic carbocycles. The highest BCUT2D eigenvalue weighted by molar-refractivity contribution is 5.78. The molecule has 2 atom stereocenters. The molecule has 2 unspecified atom stereocenters. The number of carbonyl (C=O) groups is 2. The SMILES string of the molecule is C=CC(CC(=O)N(C)CC(C)C(=O)O)c1ccccc1. The van der Waals surface area contributed by atoms with E-state index in [4.69, 9.17) is 5.11 Å². The Hall–Kier alpha value is -2.10. The number of allylic oxidation sites excluding steroid dienone is 1. The van der Waals surface area contributed by atoms with E-state index in [9.17, 15) is 9.59 Å². The summed E-state index contributed by atoms with van der Waals surface area (Å²) in [6.45, 7) is 5.58. The van der Waals surface area contributed by atoms with E-state index in [-0.39, 0.29) is 18.4 Å². The van der Waals surface area contributed by atoms with Gasteiger partial charge in [-0.2, -0.15) is 0 Å². The number of rotatable bonds is 7. The molecule has 1 rings (SSSR count). The molecule has 1 amide bonds. The third-order valence-corrected chi connectivity index (χ3v) is 3.30. The summed E-state index contributed by atoms with van der Waals surface area (Å²) in [7, 11) is 1.63. The second-order valence-corrected chi connectivity index (χ2v) is 4.97. The summed E-state index contributed by atoms with van der Waals surface area (Å²) in [6, 6.07) is 9.68. The summed E-state index contributed by atoms with van der Waals surface area (Å²) in [5, 5.41) is 8.86. The van der Waals surface area contributed by atoms with Gasteiger partial charge in [0.2, 0.25) is 5.91 Å². The minimum absolute atomic E-state index is 0.0497. The number of nitrogens with zero attached hydrogens (tertiary/aromatic N) is 1. The van der Waals surface area contributed by atoms with E-state index in [0.717, 1.165) is 5.56 Å². The fourth-order valence-electron chi connectivity index (χ4n) is 1.97. The Morgan fingerprint density at radius 1 is 1.35 bits per heavy atom. The standard InChI is InChI=1S/C16H21NO3/c1-4-13(14-8-6-5-7-9-14)10-15(18)17(3)11-12(2)16(19)20/h4-9,12-13H,1,10-11H2,2-3H3,(H,19,20). The van der Waals surface area contributed by atoms with E-state index in [1.165, 1.54) is 4.90 Å². The number of hydrogen-bond donors (Lipinski definition) is 1. The monoisotopic (exact) mass is 275 g/mol. The first-order valence-electron chi connectivity index (χ1n) is 6.60. The van der Waals surface area contributed by atoms with Crippen LogP contribution in [0.2, 0.25) is 0 Å². The van der Waals surface area contributed by atoms with Crippen LogP contribution in [0.15, 0.2) is 43.0 Å². The molecule has 0 fully saturated rings. The smallest absolute Gasteiger partial charge is 0.308 e. The lowest BCUT2D eigenvalue weighted by Crippen LogP contribution is -2.34. The predicted octanol–water partition coefficient (Wildman–Crippen LogP) is 2.53. The highest BCUT2D eigenvalue weighted by Gasteiger charge is 2.20. The van der Waals surface area contributed by atoms with Gasteiger partial charge in [0.1, 0.15) is 0 Å².